The SMILES string of the molecule is CNCCOCCNC(=O)OCc1ccccc1. The van der Waals surface area contributed by atoms with Gasteiger partial charge >= 0.3 is 6.09 Å². The van der Waals surface area contributed by atoms with E-state index < -0.39 is 6.09 Å². The van der Waals surface area contributed by atoms with E-state index in [1.54, 1.807) is 0 Å². The molecule has 0 unspecified atom stereocenters. The zero-order valence-electron chi connectivity index (χ0n) is 10.6. The number of carbonyl (C=O) groups excluding carboxylic acids is 1. The van der Waals surface area contributed by atoms with Crippen LogP contribution in [0.25, 0.3) is 0 Å². The fraction of sp³-hybridized carbons (Fsp3) is 0.462. The molecule has 100 valence electrons. The van der Waals surface area contributed by atoms with Gasteiger partial charge in [-0.15, -0.1) is 0 Å². The third-order valence-electron chi connectivity index (χ3n) is 2.22. The molecule has 5 heteroatoms. The van der Waals surface area contributed by atoms with E-state index in [9.17, 15) is 4.79 Å². The van der Waals surface area contributed by atoms with Crippen LogP contribution in [0.2, 0.25) is 0 Å². The van der Waals surface area contributed by atoms with Gasteiger partial charge < -0.3 is 20.1 Å². The van der Waals surface area contributed by atoms with Crippen molar-refractivity contribution in [3.05, 3.63) is 35.9 Å². The smallest absolute Gasteiger partial charge is 0.407 e. The van der Waals surface area contributed by atoms with Crippen molar-refractivity contribution in [2.45, 2.75) is 6.61 Å². The quantitative estimate of drug-likeness (QED) is 0.681. The van der Waals surface area contributed by atoms with E-state index in [-0.39, 0.29) is 6.61 Å². The maximum atomic E-state index is 11.3. The lowest BCUT2D eigenvalue weighted by molar-refractivity contribution is 0.120. The Morgan fingerprint density at radius 2 is 1.89 bits per heavy atom. The lowest BCUT2D eigenvalue weighted by atomic mass is 10.2. The monoisotopic (exact) mass is 252 g/mol. The van der Waals surface area contributed by atoms with Crippen LogP contribution >= 0.6 is 0 Å². The summed E-state index contributed by atoms with van der Waals surface area (Å²) in [4.78, 5) is 11.3. The number of hydrogen-bond donors (Lipinski definition) is 2. The van der Waals surface area contributed by atoms with Gasteiger partial charge in [-0.2, -0.15) is 0 Å². The number of carbonyl (C=O) groups is 1. The summed E-state index contributed by atoms with van der Waals surface area (Å²) < 4.78 is 10.3. The van der Waals surface area contributed by atoms with Gasteiger partial charge in [0.1, 0.15) is 6.61 Å². The standard InChI is InChI=1S/C13H20N2O3/c1-14-7-9-17-10-8-15-13(16)18-11-12-5-3-2-4-6-12/h2-6,14H,7-11H2,1H3,(H,15,16). The topological polar surface area (TPSA) is 59.6 Å². The molecule has 5 nitrogen and oxygen atoms in total. The van der Waals surface area contributed by atoms with Crippen LogP contribution in [-0.4, -0.2) is 39.4 Å². The van der Waals surface area contributed by atoms with Gasteiger partial charge in [0.05, 0.1) is 13.2 Å². The van der Waals surface area contributed by atoms with Crippen LogP contribution in [0.1, 0.15) is 5.56 Å². The summed E-state index contributed by atoms with van der Waals surface area (Å²) in [6.07, 6.45) is -0.420. The van der Waals surface area contributed by atoms with Crippen molar-refractivity contribution in [2.75, 3.05) is 33.4 Å². The molecule has 0 heterocycles. The number of nitrogens with one attached hydrogen (secondary N) is 2. The Labute approximate surface area is 107 Å². The van der Waals surface area contributed by atoms with E-state index in [1.807, 2.05) is 37.4 Å². The Balaban J connectivity index is 2.01. The second-order valence-corrected chi connectivity index (χ2v) is 3.70. The molecular formula is C13H20N2O3. The van der Waals surface area contributed by atoms with Crippen molar-refractivity contribution in [3.63, 3.8) is 0 Å². The minimum Gasteiger partial charge on any atom is -0.445 e. The molecule has 0 aliphatic heterocycles. The van der Waals surface area contributed by atoms with E-state index in [0.717, 1.165) is 12.1 Å². The molecular weight excluding hydrogens is 232 g/mol. The molecule has 1 aromatic carbocycles. The fourth-order valence-electron chi connectivity index (χ4n) is 1.28. The summed E-state index contributed by atoms with van der Waals surface area (Å²) in [5.74, 6) is 0. The van der Waals surface area contributed by atoms with Gasteiger partial charge in [0.2, 0.25) is 0 Å². The predicted octanol–water partition coefficient (Wildman–Crippen LogP) is 1.15. The number of amides is 1. The summed E-state index contributed by atoms with van der Waals surface area (Å²) >= 11 is 0. The number of benzene rings is 1. The highest BCUT2D eigenvalue weighted by atomic mass is 16.5. The molecule has 0 atom stereocenters. The number of hydrogen-bond acceptors (Lipinski definition) is 4. The summed E-state index contributed by atoms with van der Waals surface area (Å²) in [7, 11) is 1.86. The second kappa shape index (κ2) is 9.44. The number of likely N-dealkylation sites (N-methyl/N-ethyl adjacent to an activating group) is 1. The Morgan fingerprint density at radius 1 is 1.17 bits per heavy atom. The number of ether oxygens (including phenoxy) is 2. The van der Waals surface area contributed by atoms with Gasteiger partial charge in [0, 0.05) is 13.1 Å². The van der Waals surface area contributed by atoms with Gasteiger partial charge in [0.15, 0.2) is 0 Å². The third kappa shape index (κ3) is 6.88. The first-order valence-electron chi connectivity index (χ1n) is 6.00. The number of alkyl carbamates (subject to hydrolysis) is 1. The minimum atomic E-state index is -0.420. The van der Waals surface area contributed by atoms with E-state index in [0.29, 0.717) is 19.8 Å². The molecule has 0 saturated heterocycles. The van der Waals surface area contributed by atoms with Crippen LogP contribution < -0.4 is 10.6 Å². The predicted molar refractivity (Wildman–Crippen MR) is 69.4 cm³/mol. The van der Waals surface area contributed by atoms with Crippen LogP contribution in [0.15, 0.2) is 30.3 Å². The zero-order valence-corrected chi connectivity index (χ0v) is 10.6. The van der Waals surface area contributed by atoms with Gasteiger partial charge in [-0.1, -0.05) is 30.3 Å². The summed E-state index contributed by atoms with van der Waals surface area (Å²) in [5.41, 5.74) is 0.970. The molecule has 0 bridgehead atoms. The average Bonchev–Trinajstić information content (AvgIpc) is 2.41. The summed E-state index contributed by atoms with van der Waals surface area (Å²) in [5, 5.41) is 5.59. The van der Waals surface area contributed by atoms with Crippen LogP contribution in [0.5, 0.6) is 0 Å². The first kappa shape index (κ1) is 14.5. The molecule has 1 aromatic rings. The third-order valence-corrected chi connectivity index (χ3v) is 2.22. The lowest BCUT2D eigenvalue weighted by Crippen LogP contribution is -2.28. The first-order valence-corrected chi connectivity index (χ1v) is 6.00. The molecule has 0 saturated carbocycles. The normalized spacial score (nSPS) is 10.1. The van der Waals surface area contributed by atoms with Gasteiger partial charge in [-0.3, -0.25) is 0 Å². The van der Waals surface area contributed by atoms with E-state index in [1.165, 1.54) is 0 Å². The van der Waals surface area contributed by atoms with Crippen LogP contribution in [0, 0.1) is 0 Å². The molecule has 2 N–H and O–H groups in total. The minimum absolute atomic E-state index is 0.285. The highest BCUT2D eigenvalue weighted by molar-refractivity contribution is 5.67. The van der Waals surface area contributed by atoms with Crippen LogP contribution in [0.3, 0.4) is 0 Å². The first-order chi connectivity index (χ1) is 8.83. The molecule has 1 rings (SSSR count). The largest absolute Gasteiger partial charge is 0.445 e. The number of rotatable bonds is 8. The fourth-order valence-corrected chi connectivity index (χ4v) is 1.28. The van der Waals surface area contributed by atoms with Crippen molar-refractivity contribution in [1.29, 1.82) is 0 Å². The van der Waals surface area contributed by atoms with Gasteiger partial charge in [0.25, 0.3) is 0 Å². The van der Waals surface area contributed by atoms with E-state index in [2.05, 4.69) is 10.6 Å². The van der Waals surface area contributed by atoms with Crippen molar-refractivity contribution in [1.82, 2.24) is 10.6 Å². The molecule has 0 spiro atoms. The van der Waals surface area contributed by atoms with Crippen LogP contribution in [0.4, 0.5) is 4.79 Å². The molecule has 1 amide bonds. The molecule has 18 heavy (non-hydrogen) atoms. The molecule has 0 fully saturated rings. The molecule has 0 radical (unpaired) electrons. The highest BCUT2D eigenvalue weighted by Gasteiger charge is 2.01. The summed E-state index contributed by atoms with van der Waals surface area (Å²) in [6, 6.07) is 9.56. The molecule has 0 aliphatic carbocycles. The Kier molecular flexibility index (Phi) is 7.59. The van der Waals surface area contributed by atoms with Crippen molar-refractivity contribution >= 4 is 6.09 Å². The Morgan fingerprint density at radius 3 is 2.61 bits per heavy atom. The van der Waals surface area contributed by atoms with Crippen molar-refractivity contribution in [2.24, 2.45) is 0 Å². The van der Waals surface area contributed by atoms with Crippen molar-refractivity contribution < 1.29 is 14.3 Å². The van der Waals surface area contributed by atoms with Crippen molar-refractivity contribution in [3.8, 4) is 0 Å². The van der Waals surface area contributed by atoms with Gasteiger partial charge in [-0.05, 0) is 12.6 Å². The molecule has 0 aromatic heterocycles. The lowest BCUT2D eigenvalue weighted by Gasteiger charge is -2.07. The van der Waals surface area contributed by atoms with Crippen LogP contribution in [-0.2, 0) is 16.1 Å². The van der Waals surface area contributed by atoms with E-state index >= 15 is 0 Å². The van der Waals surface area contributed by atoms with E-state index in [4.69, 9.17) is 9.47 Å². The Hall–Kier alpha value is -1.59. The Bertz CT molecular complexity index is 330. The maximum absolute atomic E-state index is 11.3. The maximum Gasteiger partial charge on any atom is 0.407 e. The molecule has 0 aliphatic rings. The highest BCUT2D eigenvalue weighted by Crippen LogP contribution is 2.00. The average molecular weight is 252 g/mol. The summed E-state index contributed by atoms with van der Waals surface area (Å²) in [6.45, 7) is 2.67. The zero-order chi connectivity index (χ0) is 13.1. The second-order valence-electron chi connectivity index (χ2n) is 3.70. The van der Waals surface area contributed by atoms with Gasteiger partial charge in [-0.25, -0.2) is 4.79 Å².